The molecule has 0 saturated heterocycles. The average Bonchev–Trinajstić information content (AvgIpc) is 3.46. The van der Waals surface area contributed by atoms with Crippen LogP contribution in [0.25, 0.3) is 6.08 Å². The fraction of sp³-hybridized carbons (Fsp3) is 0.542. The molecule has 0 heterocycles. The van der Waals surface area contributed by atoms with Crippen molar-refractivity contribution in [3.8, 4) is 0 Å². The summed E-state index contributed by atoms with van der Waals surface area (Å²) in [7, 11) is 0. The predicted molar refractivity (Wildman–Crippen MR) is 121 cm³/mol. The molecule has 0 aliphatic heterocycles. The molecule has 1 unspecified atom stereocenters. The molecule has 0 spiro atoms. The monoisotopic (exact) mass is 429 g/mol. The molecular weight excluding hydrogens is 394 g/mol. The van der Waals surface area contributed by atoms with Crippen molar-refractivity contribution in [3.63, 3.8) is 0 Å². The summed E-state index contributed by atoms with van der Waals surface area (Å²) in [6.45, 7) is 14.5. The van der Waals surface area contributed by atoms with Gasteiger partial charge in [-0.3, -0.25) is 9.59 Å². The number of amides is 3. The molecule has 1 fully saturated rings. The van der Waals surface area contributed by atoms with Crippen LogP contribution in [0.1, 0.15) is 71.6 Å². The standard InChI is InChI=1S/C24H35N3O4/c1-8-16-10-9-11-17(14-16)20(21(29)26-23(2,3)4)27(18-12-13-18)19(28)15-25-22(30)31-24(5,6)7/h8-11,14,18,20H,1,12-13,15H2,2-7H3,(H,25,30)(H,26,29). The van der Waals surface area contributed by atoms with Gasteiger partial charge in [-0.1, -0.05) is 30.9 Å². The maximum atomic E-state index is 13.3. The highest BCUT2D eigenvalue weighted by Crippen LogP contribution is 2.35. The van der Waals surface area contributed by atoms with Crippen molar-refractivity contribution in [2.75, 3.05) is 6.54 Å². The molecule has 1 aliphatic rings. The first-order valence-corrected chi connectivity index (χ1v) is 10.6. The lowest BCUT2D eigenvalue weighted by Crippen LogP contribution is -2.52. The summed E-state index contributed by atoms with van der Waals surface area (Å²) in [6, 6.07) is 6.59. The smallest absolute Gasteiger partial charge is 0.408 e. The van der Waals surface area contributed by atoms with Crippen LogP contribution in [-0.2, 0) is 14.3 Å². The van der Waals surface area contributed by atoms with Crippen molar-refractivity contribution >= 4 is 24.0 Å². The van der Waals surface area contributed by atoms with Crippen LogP contribution in [0.3, 0.4) is 0 Å². The third-order valence-electron chi connectivity index (χ3n) is 4.50. The van der Waals surface area contributed by atoms with E-state index in [0.29, 0.717) is 5.56 Å². The van der Waals surface area contributed by atoms with E-state index in [1.54, 1.807) is 31.7 Å². The van der Waals surface area contributed by atoms with Crippen LogP contribution in [0.5, 0.6) is 0 Å². The Morgan fingerprint density at radius 1 is 1.19 bits per heavy atom. The second-order valence-electron chi connectivity index (χ2n) is 9.90. The highest BCUT2D eigenvalue weighted by Gasteiger charge is 2.42. The Morgan fingerprint density at radius 2 is 1.84 bits per heavy atom. The van der Waals surface area contributed by atoms with E-state index in [1.165, 1.54) is 0 Å². The second-order valence-corrected chi connectivity index (χ2v) is 9.90. The van der Waals surface area contributed by atoms with Gasteiger partial charge in [0, 0.05) is 11.6 Å². The van der Waals surface area contributed by atoms with Crippen LogP contribution in [0.2, 0.25) is 0 Å². The summed E-state index contributed by atoms with van der Waals surface area (Å²) < 4.78 is 5.22. The molecule has 1 aromatic carbocycles. The van der Waals surface area contributed by atoms with E-state index >= 15 is 0 Å². The van der Waals surface area contributed by atoms with Gasteiger partial charge < -0.3 is 20.3 Å². The van der Waals surface area contributed by atoms with Gasteiger partial charge in [0.1, 0.15) is 18.2 Å². The van der Waals surface area contributed by atoms with Gasteiger partial charge in [0.15, 0.2) is 0 Å². The topological polar surface area (TPSA) is 87.7 Å². The van der Waals surface area contributed by atoms with Crippen molar-refractivity contribution in [3.05, 3.63) is 42.0 Å². The first-order valence-electron chi connectivity index (χ1n) is 10.6. The normalized spacial score (nSPS) is 14.9. The molecule has 1 atom stereocenters. The molecule has 31 heavy (non-hydrogen) atoms. The van der Waals surface area contributed by atoms with E-state index in [9.17, 15) is 14.4 Å². The van der Waals surface area contributed by atoms with Crippen molar-refractivity contribution in [2.45, 2.75) is 77.6 Å². The number of nitrogens with zero attached hydrogens (tertiary/aromatic N) is 1. The van der Waals surface area contributed by atoms with Gasteiger partial charge in [-0.2, -0.15) is 0 Å². The molecule has 2 rings (SSSR count). The molecule has 7 nitrogen and oxygen atoms in total. The molecule has 1 saturated carbocycles. The third-order valence-corrected chi connectivity index (χ3v) is 4.50. The van der Waals surface area contributed by atoms with Gasteiger partial charge in [0.05, 0.1) is 0 Å². The summed E-state index contributed by atoms with van der Waals surface area (Å²) in [5.74, 6) is -0.586. The molecule has 1 aliphatic carbocycles. The Morgan fingerprint density at radius 3 is 2.35 bits per heavy atom. The van der Waals surface area contributed by atoms with Gasteiger partial charge in [0.25, 0.3) is 0 Å². The lowest BCUT2D eigenvalue weighted by molar-refractivity contribution is -0.141. The van der Waals surface area contributed by atoms with Crippen molar-refractivity contribution in [1.82, 2.24) is 15.5 Å². The number of benzene rings is 1. The van der Waals surface area contributed by atoms with Gasteiger partial charge in [-0.15, -0.1) is 0 Å². The zero-order valence-electron chi connectivity index (χ0n) is 19.5. The van der Waals surface area contributed by atoms with Crippen molar-refractivity contribution in [1.29, 1.82) is 0 Å². The molecule has 170 valence electrons. The van der Waals surface area contributed by atoms with Gasteiger partial charge in [-0.05, 0) is 71.6 Å². The number of alkyl carbamates (subject to hydrolysis) is 1. The molecule has 0 radical (unpaired) electrons. The van der Waals surface area contributed by atoms with Gasteiger partial charge in [-0.25, -0.2) is 4.79 Å². The lowest BCUT2D eigenvalue weighted by Gasteiger charge is -2.34. The van der Waals surface area contributed by atoms with Crippen LogP contribution >= 0.6 is 0 Å². The second kappa shape index (κ2) is 9.54. The maximum Gasteiger partial charge on any atom is 0.408 e. The Balaban J connectivity index is 2.31. The molecule has 0 aromatic heterocycles. The predicted octanol–water partition coefficient (Wildman–Crippen LogP) is 3.80. The van der Waals surface area contributed by atoms with E-state index in [0.717, 1.165) is 18.4 Å². The minimum absolute atomic E-state index is 0.0453. The number of hydrogen-bond acceptors (Lipinski definition) is 4. The quantitative estimate of drug-likeness (QED) is 0.690. The van der Waals surface area contributed by atoms with Crippen LogP contribution < -0.4 is 10.6 Å². The number of nitrogens with one attached hydrogen (secondary N) is 2. The molecule has 0 bridgehead atoms. The van der Waals surface area contributed by atoms with Crippen molar-refractivity contribution < 1.29 is 19.1 Å². The van der Waals surface area contributed by atoms with Gasteiger partial charge >= 0.3 is 6.09 Å². The average molecular weight is 430 g/mol. The highest BCUT2D eigenvalue weighted by molar-refractivity contribution is 5.91. The fourth-order valence-corrected chi connectivity index (χ4v) is 3.20. The fourth-order valence-electron chi connectivity index (χ4n) is 3.20. The van der Waals surface area contributed by atoms with Crippen molar-refractivity contribution in [2.24, 2.45) is 0 Å². The molecular formula is C24H35N3O4. The number of hydrogen-bond donors (Lipinski definition) is 2. The minimum Gasteiger partial charge on any atom is -0.444 e. The minimum atomic E-state index is -0.806. The Labute approximate surface area is 185 Å². The van der Waals surface area contributed by atoms with E-state index in [4.69, 9.17) is 4.74 Å². The Bertz CT molecular complexity index is 832. The first-order chi connectivity index (χ1) is 14.3. The SMILES string of the molecule is C=Cc1cccc(C(C(=O)NC(C)(C)C)N(C(=O)CNC(=O)OC(C)(C)C)C2CC2)c1. The highest BCUT2D eigenvalue weighted by atomic mass is 16.6. The zero-order chi connectivity index (χ0) is 23.4. The summed E-state index contributed by atoms with van der Waals surface area (Å²) in [5, 5.41) is 5.52. The Kier molecular flexibility index (Phi) is 7.52. The summed E-state index contributed by atoms with van der Waals surface area (Å²) in [6.07, 6.45) is 2.67. The van der Waals surface area contributed by atoms with Crippen LogP contribution in [0.15, 0.2) is 30.8 Å². The molecule has 2 N–H and O–H groups in total. The first kappa shape index (κ1) is 24.4. The largest absolute Gasteiger partial charge is 0.444 e. The summed E-state index contributed by atoms with van der Waals surface area (Å²) >= 11 is 0. The zero-order valence-corrected chi connectivity index (χ0v) is 19.5. The maximum absolute atomic E-state index is 13.3. The number of ether oxygens (including phenoxy) is 1. The molecule has 3 amide bonds. The molecule has 1 aromatic rings. The Hall–Kier alpha value is -2.83. The molecule has 7 heteroatoms. The lowest BCUT2D eigenvalue weighted by atomic mass is 9.99. The van der Waals surface area contributed by atoms with E-state index in [2.05, 4.69) is 17.2 Å². The van der Waals surface area contributed by atoms with Gasteiger partial charge in [0.2, 0.25) is 11.8 Å². The summed E-state index contributed by atoms with van der Waals surface area (Å²) in [5.41, 5.74) is 0.444. The van der Waals surface area contributed by atoms with E-state index in [1.807, 2.05) is 45.0 Å². The van der Waals surface area contributed by atoms with Crippen LogP contribution in [0, 0.1) is 0 Å². The number of rotatable bonds is 7. The number of carbonyl (C=O) groups excluding carboxylic acids is 3. The van der Waals surface area contributed by atoms with Crippen LogP contribution in [0.4, 0.5) is 4.79 Å². The van der Waals surface area contributed by atoms with Crippen LogP contribution in [-0.4, -0.2) is 46.5 Å². The van der Waals surface area contributed by atoms with E-state index in [-0.39, 0.29) is 24.4 Å². The third kappa shape index (κ3) is 7.74. The van der Waals surface area contributed by atoms with E-state index < -0.39 is 23.3 Å². The summed E-state index contributed by atoms with van der Waals surface area (Å²) in [4.78, 5) is 40.1. The number of carbonyl (C=O) groups is 3.